The molecule has 1 fully saturated rings. The quantitative estimate of drug-likeness (QED) is 0.713. The summed E-state index contributed by atoms with van der Waals surface area (Å²) in [7, 11) is 0. The number of hydrogen-bond acceptors (Lipinski definition) is 2. The molecule has 0 unspecified atom stereocenters. The molecule has 0 bridgehead atoms. The summed E-state index contributed by atoms with van der Waals surface area (Å²) in [6, 6.07) is 25.3. The minimum absolute atomic E-state index is 0.715. The maximum atomic E-state index is 11.3. The molecule has 1 aliphatic heterocycles. The molecule has 2 aromatic carbocycles. The molecule has 4 rings (SSSR count). The van der Waals surface area contributed by atoms with Crippen molar-refractivity contribution in [2.75, 3.05) is 13.1 Å². The molecule has 0 amide bonds. The van der Waals surface area contributed by atoms with Gasteiger partial charge in [0.1, 0.15) is 5.60 Å². The Morgan fingerprint density at radius 1 is 0.778 bits per heavy atom. The van der Waals surface area contributed by atoms with Crippen molar-refractivity contribution in [3.8, 4) is 0 Å². The lowest BCUT2D eigenvalue weighted by Gasteiger charge is -2.39. The zero-order valence-electron chi connectivity index (χ0n) is 15.8. The van der Waals surface area contributed by atoms with Crippen LogP contribution in [0.25, 0.3) is 0 Å². The van der Waals surface area contributed by atoms with Crippen molar-refractivity contribution in [2.24, 2.45) is 0 Å². The van der Waals surface area contributed by atoms with E-state index in [1.165, 1.54) is 11.1 Å². The van der Waals surface area contributed by atoms with Crippen molar-refractivity contribution in [3.05, 3.63) is 95.8 Å². The fraction of sp³-hybridized carbons (Fsp3) is 0.333. The fourth-order valence-electron chi connectivity index (χ4n) is 4.10. The van der Waals surface area contributed by atoms with Gasteiger partial charge in [0, 0.05) is 38.1 Å². The summed E-state index contributed by atoms with van der Waals surface area (Å²) in [5.74, 6) is 0. The molecular formula is C24H28N2O. The maximum absolute atomic E-state index is 11.3. The van der Waals surface area contributed by atoms with Crippen LogP contribution in [0, 0.1) is 0 Å². The van der Waals surface area contributed by atoms with Crippen LogP contribution in [0.3, 0.4) is 0 Å². The summed E-state index contributed by atoms with van der Waals surface area (Å²) in [6.07, 6.45) is 4.66. The first-order valence-corrected chi connectivity index (χ1v) is 9.91. The number of aliphatic hydroxyl groups is 1. The number of likely N-dealkylation sites (tertiary alicyclic amines) is 1. The molecule has 0 spiro atoms. The normalized spacial score (nSPS) is 17.1. The highest BCUT2D eigenvalue weighted by molar-refractivity contribution is 5.20. The van der Waals surface area contributed by atoms with Gasteiger partial charge in [-0.2, -0.15) is 0 Å². The van der Waals surface area contributed by atoms with Crippen molar-refractivity contribution in [1.29, 1.82) is 0 Å². The Morgan fingerprint density at radius 2 is 1.41 bits per heavy atom. The standard InChI is InChI=1S/C24H28N2O/c27-24(14-18-25(19-15-24)20-22-10-5-2-6-11-22)23-12-7-16-26(23)17-13-21-8-3-1-4-9-21/h1-12,16,27H,13-15,17-20H2. The number of piperidine rings is 1. The second kappa shape index (κ2) is 8.12. The Kier molecular flexibility index (Phi) is 5.42. The predicted octanol–water partition coefficient (Wildman–Crippen LogP) is 4.21. The highest BCUT2D eigenvalue weighted by Crippen LogP contribution is 2.33. The highest BCUT2D eigenvalue weighted by Gasteiger charge is 2.35. The molecular weight excluding hydrogens is 332 g/mol. The van der Waals surface area contributed by atoms with Crippen LogP contribution in [0.2, 0.25) is 0 Å². The SMILES string of the molecule is OC1(c2cccn2CCc2ccccc2)CCN(Cc2ccccc2)CC1. The van der Waals surface area contributed by atoms with Crippen LogP contribution in [0.5, 0.6) is 0 Å². The first kappa shape index (κ1) is 18.0. The molecule has 0 atom stereocenters. The number of hydrogen-bond donors (Lipinski definition) is 1. The van der Waals surface area contributed by atoms with Crippen molar-refractivity contribution < 1.29 is 5.11 Å². The van der Waals surface area contributed by atoms with Gasteiger partial charge in [-0.25, -0.2) is 0 Å². The molecule has 1 N–H and O–H groups in total. The second-order valence-electron chi connectivity index (χ2n) is 7.62. The molecule has 0 radical (unpaired) electrons. The van der Waals surface area contributed by atoms with Gasteiger partial charge in [-0.05, 0) is 42.5 Å². The van der Waals surface area contributed by atoms with E-state index in [1.54, 1.807) is 0 Å². The molecule has 1 saturated heterocycles. The van der Waals surface area contributed by atoms with Gasteiger partial charge in [-0.3, -0.25) is 4.90 Å². The Morgan fingerprint density at radius 3 is 2.07 bits per heavy atom. The zero-order valence-corrected chi connectivity index (χ0v) is 15.8. The molecule has 3 heteroatoms. The molecule has 2 heterocycles. The maximum Gasteiger partial charge on any atom is 0.107 e. The van der Waals surface area contributed by atoms with E-state index in [2.05, 4.69) is 88.5 Å². The summed E-state index contributed by atoms with van der Waals surface area (Å²) in [5.41, 5.74) is 3.03. The summed E-state index contributed by atoms with van der Waals surface area (Å²) < 4.78 is 2.24. The second-order valence-corrected chi connectivity index (χ2v) is 7.62. The van der Waals surface area contributed by atoms with Gasteiger partial charge in [0.05, 0.1) is 0 Å². The largest absolute Gasteiger partial charge is 0.384 e. The van der Waals surface area contributed by atoms with Crippen LogP contribution in [-0.2, 0) is 25.1 Å². The molecule has 0 aliphatic carbocycles. The van der Waals surface area contributed by atoms with Crippen molar-refractivity contribution in [2.45, 2.75) is 38.0 Å². The fourth-order valence-corrected chi connectivity index (χ4v) is 4.10. The van der Waals surface area contributed by atoms with Crippen molar-refractivity contribution >= 4 is 0 Å². The number of aromatic nitrogens is 1. The van der Waals surface area contributed by atoms with Crippen LogP contribution in [0.4, 0.5) is 0 Å². The molecule has 27 heavy (non-hydrogen) atoms. The Bertz CT molecular complexity index is 833. The third-order valence-electron chi connectivity index (χ3n) is 5.72. The average Bonchev–Trinajstić information content (AvgIpc) is 3.20. The van der Waals surface area contributed by atoms with Crippen LogP contribution < -0.4 is 0 Å². The van der Waals surface area contributed by atoms with E-state index in [0.717, 1.165) is 51.1 Å². The number of rotatable bonds is 6. The third-order valence-corrected chi connectivity index (χ3v) is 5.72. The minimum Gasteiger partial charge on any atom is -0.384 e. The van der Waals surface area contributed by atoms with Gasteiger partial charge >= 0.3 is 0 Å². The molecule has 3 nitrogen and oxygen atoms in total. The van der Waals surface area contributed by atoms with Crippen molar-refractivity contribution in [3.63, 3.8) is 0 Å². The molecule has 1 aromatic heterocycles. The minimum atomic E-state index is -0.715. The molecule has 0 saturated carbocycles. The lowest BCUT2D eigenvalue weighted by Crippen LogP contribution is -2.43. The topological polar surface area (TPSA) is 28.4 Å². The Hall–Kier alpha value is -2.36. The predicted molar refractivity (Wildman–Crippen MR) is 109 cm³/mol. The lowest BCUT2D eigenvalue weighted by atomic mass is 9.87. The van der Waals surface area contributed by atoms with E-state index < -0.39 is 5.60 Å². The smallest absolute Gasteiger partial charge is 0.107 e. The van der Waals surface area contributed by atoms with E-state index in [0.29, 0.717) is 0 Å². The van der Waals surface area contributed by atoms with Gasteiger partial charge in [-0.15, -0.1) is 0 Å². The van der Waals surface area contributed by atoms with Gasteiger partial charge in [-0.1, -0.05) is 60.7 Å². The highest BCUT2D eigenvalue weighted by atomic mass is 16.3. The van der Waals surface area contributed by atoms with Crippen molar-refractivity contribution in [1.82, 2.24) is 9.47 Å². The lowest BCUT2D eigenvalue weighted by molar-refractivity contribution is -0.0336. The Balaban J connectivity index is 1.38. The summed E-state index contributed by atoms with van der Waals surface area (Å²) in [5, 5.41) is 11.3. The van der Waals surface area contributed by atoms with Crippen LogP contribution in [0.15, 0.2) is 79.0 Å². The monoisotopic (exact) mass is 360 g/mol. The van der Waals surface area contributed by atoms with Gasteiger partial charge in [0.25, 0.3) is 0 Å². The Labute approximate surface area is 161 Å². The van der Waals surface area contributed by atoms with E-state index in [-0.39, 0.29) is 0 Å². The van der Waals surface area contributed by atoms with Gasteiger partial charge in [0.15, 0.2) is 0 Å². The molecule has 3 aromatic rings. The number of nitrogens with zero attached hydrogens (tertiary/aromatic N) is 2. The van der Waals surface area contributed by atoms with E-state index in [4.69, 9.17) is 0 Å². The van der Waals surface area contributed by atoms with E-state index >= 15 is 0 Å². The molecule has 140 valence electrons. The average molecular weight is 361 g/mol. The van der Waals surface area contributed by atoms with Gasteiger partial charge < -0.3 is 9.67 Å². The first-order valence-electron chi connectivity index (χ1n) is 9.91. The summed E-state index contributed by atoms with van der Waals surface area (Å²) in [4.78, 5) is 2.45. The van der Waals surface area contributed by atoms with E-state index in [1.807, 2.05) is 0 Å². The summed E-state index contributed by atoms with van der Waals surface area (Å²) >= 11 is 0. The van der Waals surface area contributed by atoms with Crippen LogP contribution >= 0.6 is 0 Å². The number of aryl methyl sites for hydroxylation is 2. The number of benzene rings is 2. The van der Waals surface area contributed by atoms with Crippen LogP contribution in [-0.4, -0.2) is 27.7 Å². The summed E-state index contributed by atoms with van der Waals surface area (Å²) in [6.45, 7) is 3.72. The van der Waals surface area contributed by atoms with Crippen LogP contribution in [0.1, 0.15) is 29.7 Å². The van der Waals surface area contributed by atoms with Gasteiger partial charge in [0.2, 0.25) is 0 Å². The molecule has 1 aliphatic rings. The van der Waals surface area contributed by atoms with E-state index in [9.17, 15) is 5.11 Å². The zero-order chi connectivity index (χ0) is 18.5. The third kappa shape index (κ3) is 4.32. The first-order chi connectivity index (χ1) is 13.2.